The molecular formula is C45H32BrN3. The lowest BCUT2D eigenvalue weighted by Crippen LogP contribution is -2.30. The summed E-state index contributed by atoms with van der Waals surface area (Å²) in [5.41, 5.74) is 17.8. The number of fused-ring (bicyclic) bond motifs is 10. The van der Waals surface area contributed by atoms with Crippen LogP contribution in [0.3, 0.4) is 0 Å². The zero-order valence-corrected chi connectivity index (χ0v) is 28.8. The van der Waals surface area contributed by atoms with Crippen molar-refractivity contribution < 1.29 is 0 Å². The van der Waals surface area contributed by atoms with E-state index in [1.54, 1.807) is 0 Å². The fourth-order valence-corrected chi connectivity index (χ4v) is 8.43. The van der Waals surface area contributed by atoms with Gasteiger partial charge in [-0.15, -0.1) is 0 Å². The van der Waals surface area contributed by atoms with E-state index in [0.717, 1.165) is 44.4 Å². The highest BCUT2D eigenvalue weighted by molar-refractivity contribution is 9.10. The van der Waals surface area contributed by atoms with E-state index in [1.165, 1.54) is 38.9 Å². The van der Waals surface area contributed by atoms with Gasteiger partial charge in [-0.25, -0.2) is 4.98 Å². The maximum atomic E-state index is 5.46. The third-order valence-corrected chi connectivity index (χ3v) is 10.4. The second-order valence-corrected chi connectivity index (χ2v) is 13.5. The Balaban J connectivity index is 1.40. The molecule has 234 valence electrons. The van der Waals surface area contributed by atoms with Gasteiger partial charge >= 0.3 is 0 Å². The Morgan fingerprint density at radius 3 is 2.16 bits per heavy atom. The van der Waals surface area contributed by atoms with E-state index in [-0.39, 0.29) is 0 Å². The molecule has 4 heteroatoms. The SMILES string of the molecule is C/C=C\c1c(C)nc2n1-c1cc(Br)cc(N(C3=C=CC=CC=C3)c3ccc(-c4ccccc4)cc3)c1C21c2ccccc2-c2ccccc21. The average Bonchev–Trinajstić information content (AvgIpc) is 3.60. The van der Waals surface area contributed by atoms with E-state index in [1.807, 2.05) is 12.2 Å². The number of anilines is 2. The third kappa shape index (κ3) is 4.31. The third-order valence-electron chi connectivity index (χ3n) is 9.90. The van der Waals surface area contributed by atoms with Gasteiger partial charge in [0.25, 0.3) is 0 Å². The van der Waals surface area contributed by atoms with Crippen LogP contribution in [0.5, 0.6) is 0 Å². The molecule has 2 aliphatic carbocycles. The Kier molecular flexibility index (Phi) is 6.91. The molecule has 2 heterocycles. The lowest BCUT2D eigenvalue weighted by molar-refractivity contribution is 0.731. The molecule has 0 bridgehead atoms. The summed E-state index contributed by atoms with van der Waals surface area (Å²) in [4.78, 5) is 7.82. The standard InChI is InChI=1S/C45H32BrN3/c1-3-15-40-30(2)47-44-45(38-22-13-11-20-36(38)37-21-12-14-23-39(37)45)43-41(28-33(46)29-42(43)49(40)44)48(34-18-9-4-5-10-19-34)35-26-24-32(25-27-35)31-16-7-6-8-17-31/h3-18,20-29H,1-2H3/b15-3-. The number of halogens is 1. The number of benzene rings is 5. The average molecular weight is 695 g/mol. The van der Waals surface area contributed by atoms with Crippen molar-refractivity contribution in [2.75, 3.05) is 4.90 Å². The Hall–Kier alpha value is -5.67. The molecule has 0 saturated heterocycles. The van der Waals surface area contributed by atoms with Gasteiger partial charge in [0.05, 0.1) is 28.5 Å². The van der Waals surface area contributed by atoms with Crippen LogP contribution in [0, 0.1) is 6.92 Å². The van der Waals surface area contributed by atoms with Crippen LogP contribution in [0.15, 0.2) is 168 Å². The van der Waals surface area contributed by atoms with Crippen molar-refractivity contribution in [1.82, 2.24) is 9.55 Å². The lowest BCUT2D eigenvalue weighted by Gasteiger charge is -2.34. The maximum Gasteiger partial charge on any atom is 0.133 e. The van der Waals surface area contributed by atoms with E-state index in [0.29, 0.717) is 0 Å². The summed E-state index contributed by atoms with van der Waals surface area (Å²) < 4.78 is 3.39. The summed E-state index contributed by atoms with van der Waals surface area (Å²) in [5, 5.41) is 0. The van der Waals surface area contributed by atoms with Crippen LogP contribution in [0.4, 0.5) is 11.4 Å². The van der Waals surface area contributed by atoms with E-state index in [4.69, 9.17) is 4.98 Å². The van der Waals surface area contributed by atoms with Crippen molar-refractivity contribution in [2.45, 2.75) is 19.3 Å². The zero-order valence-electron chi connectivity index (χ0n) is 27.2. The number of rotatable bonds is 5. The Morgan fingerprint density at radius 2 is 1.45 bits per heavy atom. The highest BCUT2D eigenvalue weighted by Gasteiger charge is 2.56. The van der Waals surface area contributed by atoms with Gasteiger partial charge in [-0.3, -0.25) is 4.57 Å². The topological polar surface area (TPSA) is 21.1 Å². The van der Waals surface area contributed by atoms with E-state index in [9.17, 15) is 0 Å². The molecule has 0 radical (unpaired) electrons. The van der Waals surface area contributed by atoms with Gasteiger partial charge in [0, 0.05) is 15.7 Å². The number of hydrogen-bond donors (Lipinski definition) is 0. The van der Waals surface area contributed by atoms with Crippen LogP contribution in [0.1, 0.15) is 40.8 Å². The molecule has 0 saturated carbocycles. The number of allylic oxidation sites excluding steroid dienone is 5. The van der Waals surface area contributed by atoms with E-state index >= 15 is 0 Å². The molecule has 0 fully saturated rings. The first kappa shape index (κ1) is 29.5. The molecule has 1 aromatic heterocycles. The monoisotopic (exact) mass is 693 g/mol. The Morgan fingerprint density at radius 1 is 0.776 bits per heavy atom. The van der Waals surface area contributed by atoms with Gasteiger partial charge in [-0.05, 0) is 89.7 Å². The van der Waals surface area contributed by atoms with Crippen LogP contribution < -0.4 is 4.90 Å². The second kappa shape index (κ2) is 11.5. The zero-order chi connectivity index (χ0) is 33.1. The van der Waals surface area contributed by atoms with Crippen molar-refractivity contribution in [3.05, 3.63) is 202 Å². The minimum Gasteiger partial charge on any atom is -0.303 e. The molecule has 3 aliphatic rings. The van der Waals surface area contributed by atoms with Crippen molar-refractivity contribution in [3.63, 3.8) is 0 Å². The summed E-state index contributed by atoms with van der Waals surface area (Å²) in [6.45, 7) is 4.20. The number of aromatic nitrogens is 2. The molecule has 9 rings (SSSR count). The molecule has 49 heavy (non-hydrogen) atoms. The predicted octanol–water partition coefficient (Wildman–Crippen LogP) is 11.6. The van der Waals surface area contributed by atoms with Crippen LogP contribution >= 0.6 is 15.9 Å². The van der Waals surface area contributed by atoms with E-state index < -0.39 is 5.41 Å². The van der Waals surface area contributed by atoms with Crippen LogP contribution in [0.25, 0.3) is 34.0 Å². The minimum absolute atomic E-state index is 0.650. The number of imidazole rings is 1. The molecule has 5 aromatic carbocycles. The van der Waals surface area contributed by atoms with Gasteiger partial charge in [-0.1, -0.05) is 137 Å². The van der Waals surface area contributed by atoms with Crippen LogP contribution in [-0.4, -0.2) is 9.55 Å². The first-order chi connectivity index (χ1) is 24.1. The fourth-order valence-electron chi connectivity index (χ4n) is 7.99. The molecule has 1 spiro atoms. The molecule has 6 aromatic rings. The quantitative estimate of drug-likeness (QED) is 0.167. The van der Waals surface area contributed by atoms with Crippen LogP contribution in [0.2, 0.25) is 0 Å². The van der Waals surface area contributed by atoms with Gasteiger partial charge in [0.1, 0.15) is 11.2 Å². The van der Waals surface area contributed by atoms with E-state index in [2.05, 4.69) is 191 Å². The van der Waals surface area contributed by atoms with Gasteiger partial charge in [0.15, 0.2) is 0 Å². The van der Waals surface area contributed by atoms with Crippen LogP contribution in [-0.2, 0) is 5.41 Å². The molecule has 0 atom stereocenters. The molecule has 0 unspecified atom stereocenters. The summed E-state index contributed by atoms with van der Waals surface area (Å²) >= 11 is 3.97. The molecule has 3 nitrogen and oxygen atoms in total. The number of nitrogens with zero attached hydrogens (tertiary/aromatic N) is 3. The van der Waals surface area contributed by atoms with Crippen molar-refractivity contribution in [2.24, 2.45) is 0 Å². The largest absolute Gasteiger partial charge is 0.303 e. The maximum absolute atomic E-state index is 5.46. The first-order valence-electron chi connectivity index (χ1n) is 16.6. The van der Waals surface area contributed by atoms with Gasteiger partial charge < -0.3 is 4.90 Å². The van der Waals surface area contributed by atoms with Crippen molar-refractivity contribution in [3.8, 4) is 27.9 Å². The number of aryl methyl sites for hydroxylation is 1. The predicted molar refractivity (Wildman–Crippen MR) is 205 cm³/mol. The smallest absolute Gasteiger partial charge is 0.133 e. The summed E-state index contributed by atoms with van der Waals surface area (Å²) in [6.07, 6.45) is 14.6. The Bertz CT molecular complexity index is 2410. The van der Waals surface area contributed by atoms with Gasteiger partial charge in [-0.2, -0.15) is 0 Å². The molecule has 1 aliphatic heterocycles. The summed E-state index contributed by atoms with van der Waals surface area (Å²) in [6, 6.07) is 41.7. The minimum atomic E-state index is -0.650. The van der Waals surface area contributed by atoms with Crippen molar-refractivity contribution in [1.29, 1.82) is 0 Å². The first-order valence-corrected chi connectivity index (χ1v) is 17.4. The summed E-state index contributed by atoms with van der Waals surface area (Å²) in [5.74, 6) is 1.02. The normalized spacial score (nSPS) is 14.5. The highest BCUT2D eigenvalue weighted by Crippen LogP contribution is 2.63. The highest BCUT2D eigenvalue weighted by atomic mass is 79.9. The lowest BCUT2D eigenvalue weighted by atomic mass is 9.72. The second-order valence-electron chi connectivity index (χ2n) is 12.6. The Labute approximate surface area is 295 Å². The van der Waals surface area contributed by atoms with Gasteiger partial charge in [0.2, 0.25) is 0 Å². The number of hydrogen-bond acceptors (Lipinski definition) is 2. The summed E-state index contributed by atoms with van der Waals surface area (Å²) in [7, 11) is 0. The molecule has 0 N–H and O–H groups in total. The molecule has 0 amide bonds. The molecular weight excluding hydrogens is 662 g/mol. The fraction of sp³-hybridized carbons (Fsp3) is 0.0667. The van der Waals surface area contributed by atoms with Crippen molar-refractivity contribution >= 4 is 33.4 Å².